The molecule has 2 aromatic carbocycles. The molecule has 4 nitrogen and oxygen atoms in total. The molecule has 6 heteroatoms. The number of aromatic carboxylic acids is 1. The van der Waals surface area contributed by atoms with Gasteiger partial charge in [0.05, 0.1) is 17.6 Å². The summed E-state index contributed by atoms with van der Waals surface area (Å²) in [7, 11) is 0. The maximum absolute atomic E-state index is 12.6. The van der Waals surface area contributed by atoms with Crippen molar-refractivity contribution in [2.75, 3.05) is 12.4 Å². The van der Waals surface area contributed by atoms with Crippen LogP contribution in [-0.2, 0) is 0 Å². The summed E-state index contributed by atoms with van der Waals surface area (Å²) in [5.74, 6) is -0.636. The highest BCUT2D eigenvalue weighted by Crippen LogP contribution is 2.31. The number of rotatable bonds is 4. The van der Waals surface area contributed by atoms with Crippen LogP contribution in [0.2, 0.25) is 0 Å². The van der Waals surface area contributed by atoms with Crippen molar-refractivity contribution in [1.29, 1.82) is 0 Å². The highest BCUT2D eigenvalue weighted by Gasteiger charge is 2.16. The highest BCUT2D eigenvalue weighted by molar-refractivity contribution is 7.99. The van der Waals surface area contributed by atoms with Crippen LogP contribution in [0.3, 0.4) is 0 Å². The Morgan fingerprint density at radius 2 is 1.95 bits per heavy atom. The molecule has 0 saturated heterocycles. The molecule has 0 spiro atoms. The number of aliphatic hydroxyl groups excluding tert-OH is 1. The van der Waals surface area contributed by atoms with Gasteiger partial charge in [0.1, 0.15) is 0 Å². The Kier molecular flexibility index (Phi) is 4.15. The van der Waals surface area contributed by atoms with Crippen LogP contribution in [0, 0.1) is 0 Å². The van der Waals surface area contributed by atoms with Crippen LogP contribution in [0.15, 0.2) is 46.1 Å². The molecule has 1 heterocycles. The van der Waals surface area contributed by atoms with E-state index in [1.165, 1.54) is 29.2 Å². The van der Waals surface area contributed by atoms with E-state index in [0.717, 1.165) is 9.60 Å². The van der Waals surface area contributed by atoms with E-state index in [0.29, 0.717) is 15.8 Å². The Morgan fingerprint density at radius 3 is 2.68 bits per heavy atom. The molecule has 0 saturated carbocycles. The van der Waals surface area contributed by atoms with Gasteiger partial charge in [-0.15, -0.1) is 23.1 Å². The first-order valence-corrected chi connectivity index (χ1v) is 8.38. The quantitative estimate of drug-likeness (QED) is 0.567. The Morgan fingerprint density at radius 1 is 1.18 bits per heavy atom. The molecule has 0 bridgehead atoms. The monoisotopic (exact) mass is 332 g/mol. The number of hydrogen-bond donors (Lipinski definition) is 2. The molecule has 0 aliphatic heterocycles. The second-order valence-corrected chi connectivity index (χ2v) is 6.90. The van der Waals surface area contributed by atoms with E-state index >= 15 is 0 Å². The number of hydrogen-bond acceptors (Lipinski definition) is 5. The lowest BCUT2D eigenvalue weighted by Gasteiger charge is -2.07. The lowest BCUT2D eigenvalue weighted by molar-refractivity contribution is 0.0698. The second kappa shape index (κ2) is 6.08. The molecule has 2 N–H and O–H groups in total. The van der Waals surface area contributed by atoms with E-state index in [1.807, 2.05) is 18.2 Å². The zero-order valence-electron chi connectivity index (χ0n) is 11.4. The van der Waals surface area contributed by atoms with Crippen molar-refractivity contribution in [3.05, 3.63) is 52.2 Å². The smallest absolute Gasteiger partial charge is 0.336 e. The first kappa shape index (κ1) is 15.0. The summed E-state index contributed by atoms with van der Waals surface area (Å²) in [4.78, 5) is 24.9. The average Bonchev–Trinajstić information content (AvgIpc) is 2.52. The fraction of sp³-hybridized carbons (Fsp3) is 0.125. The summed E-state index contributed by atoms with van der Waals surface area (Å²) in [6.07, 6.45) is 0. The summed E-state index contributed by atoms with van der Waals surface area (Å²) in [5.41, 5.74) is -0.231. The lowest BCUT2D eigenvalue weighted by atomic mass is 10.1. The molecule has 0 fully saturated rings. The van der Waals surface area contributed by atoms with Gasteiger partial charge in [-0.2, -0.15) is 0 Å². The minimum atomic E-state index is -1.11. The predicted octanol–water partition coefficient (Wildman–Crippen LogP) is 3.20. The number of thioether (sulfide) groups is 1. The molecule has 112 valence electrons. The van der Waals surface area contributed by atoms with Crippen LogP contribution in [0.1, 0.15) is 10.4 Å². The maximum atomic E-state index is 12.6. The van der Waals surface area contributed by atoms with Crippen LogP contribution in [-0.4, -0.2) is 28.5 Å². The van der Waals surface area contributed by atoms with E-state index < -0.39 is 5.97 Å². The summed E-state index contributed by atoms with van der Waals surface area (Å²) < 4.78 is 1.49. The number of carbonyl (C=O) groups is 1. The molecule has 0 unspecified atom stereocenters. The van der Waals surface area contributed by atoms with Gasteiger partial charge in [-0.25, -0.2) is 4.79 Å². The van der Waals surface area contributed by atoms with Gasteiger partial charge in [0.15, 0.2) is 5.43 Å². The van der Waals surface area contributed by atoms with Gasteiger partial charge in [0, 0.05) is 25.4 Å². The first-order chi connectivity index (χ1) is 10.6. The maximum Gasteiger partial charge on any atom is 0.336 e. The van der Waals surface area contributed by atoms with Crippen molar-refractivity contribution in [2.45, 2.75) is 4.90 Å². The van der Waals surface area contributed by atoms with Crippen LogP contribution in [0.4, 0.5) is 0 Å². The third kappa shape index (κ3) is 2.61. The third-order valence-electron chi connectivity index (χ3n) is 3.24. The Bertz CT molecular complexity index is 930. The Labute approximate surface area is 134 Å². The molecule has 22 heavy (non-hydrogen) atoms. The van der Waals surface area contributed by atoms with Crippen LogP contribution >= 0.6 is 23.1 Å². The fourth-order valence-electron chi connectivity index (χ4n) is 2.32. The lowest BCUT2D eigenvalue weighted by Crippen LogP contribution is -2.08. The fourth-order valence-corrected chi connectivity index (χ4v) is 4.27. The third-order valence-corrected chi connectivity index (χ3v) is 5.32. The van der Waals surface area contributed by atoms with Gasteiger partial charge in [-0.05, 0) is 24.3 Å². The summed E-state index contributed by atoms with van der Waals surface area (Å²) in [6, 6.07) is 10.5. The summed E-state index contributed by atoms with van der Waals surface area (Å²) in [6.45, 7) is 0.0130. The number of carboxylic acid groups (broad SMARTS) is 1. The molecular formula is C16H12O4S2. The van der Waals surface area contributed by atoms with Crippen LogP contribution in [0.5, 0.6) is 0 Å². The first-order valence-electron chi connectivity index (χ1n) is 6.58. The van der Waals surface area contributed by atoms with E-state index in [9.17, 15) is 14.7 Å². The predicted molar refractivity (Wildman–Crippen MR) is 90.4 cm³/mol. The van der Waals surface area contributed by atoms with Crippen molar-refractivity contribution < 1.29 is 15.0 Å². The van der Waals surface area contributed by atoms with Crippen LogP contribution in [0.25, 0.3) is 20.2 Å². The number of aliphatic hydroxyl groups is 1. The van der Waals surface area contributed by atoms with Crippen LogP contribution < -0.4 is 5.43 Å². The minimum Gasteiger partial charge on any atom is -0.478 e. The molecule has 0 aliphatic carbocycles. The molecular weight excluding hydrogens is 320 g/mol. The van der Waals surface area contributed by atoms with E-state index in [4.69, 9.17) is 5.11 Å². The molecule has 0 atom stereocenters. The van der Waals surface area contributed by atoms with Crippen molar-refractivity contribution in [3.8, 4) is 0 Å². The minimum absolute atomic E-state index is 0.0130. The average molecular weight is 332 g/mol. The molecule has 0 amide bonds. The standard InChI is InChI=1S/C16H12O4S2/c17-5-6-21-9-7-11(16(19)20)14-13(8-9)22-12-4-2-1-3-10(12)15(14)18/h1-4,7-8,17H,5-6H2,(H,19,20). The van der Waals surface area contributed by atoms with Gasteiger partial charge in [-0.3, -0.25) is 4.79 Å². The number of carboxylic acids is 1. The molecule has 1 aromatic heterocycles. The number of fused-ring (bicyclic) bond motifs is 2. The largest absolute Gasteiger partial charge is 0.478 e. The van der Waals surface area contributed by atoms with Gasteiger partial charge in [-0.1, -0.05) is 12.1 Å². The van der Waals surface area contributed by atoms with E-state index in [1.54, 1.807) is 12.1 Å². The van der Waals surface area contributed by atoms with Gasteiger partial charge in [0.25, 0.3) is 0 Å². The molecule has 3 rings (SSSR count). The van der Waals surface area contributed by atoms with E-state index in [-0.39, 0.29) is 23.0 Å². The van der Waals surface area contributed by atoms with Gasteiger partial charge < -0.3 is 10.2 Å². The van der Waals surface area contributed by atoms with E-state index in [2.05, 4.69) is 0 Å². The van der Waals surface area contributed by atoms with Crippen molar-refractivity contribution in [3.63, 3.8) is 0 Å². The molecule has 0 aliphatic rings. The van der Waals surface area contributed by atoms with Gasteiger partial charge >= 0.3 is 5.97 Å². The number of benzene rings is 2. The normalized spacial score (nSPS) is 11.1. The Hall–Kier alpha value is -1.89. The highest BCUT2D eigenvalue weighted by atomic mass is 32.2. The Balaban J connectivity index is 2.38. The summed E-state index contributed by atoms with van der Waals surface area (Å²) >= 11 is 2.77. The topological polar surface area (TPSA) is 74.6 Å². The second-order valence-electron chi connectivity index (χ2n) is 4.65. The van der Waals surface area contributed by atoms with Gasteiger partial charge in [0.2, 0.25) is 0 Å². The molecule has 0 radical (unpaired) electrons. The zero-order chi connectivity index (χ0) is 15.7. The van der Waals surface area contributed by atoms with Crippen molar-refractivity contribution >= 4 is 49.2 Å². The summed E-state index contributed by atoms with van der Waals surface area (Å²) in [5, 5.41) is 19.2. The van der Waals surface area contributed by atoms with Crippen molar-refractivity contribution in [1.82, 2.24) is 0 Å². The zero-order valence-corrected chi connectivity index (χ0v) is 13.0. The SMILES string of the molecule is O=C(O)c1cc(SCCO)cc2sc3ccccc3c(=O)c12. The molecule has 3 aromatic rings. The van der Waals surface area contributed by atoms with Crippen molar-refractivity contribution in [2.24, 2.45) is 0 Å².